The molecule has 2 aromatic heterocycles. The quantitative estimate of drug-likeness (QED) is 0.387. The highest BCUT2D eigenvalue weighted by Crippen LogP contribution is 2.34. The predicted molar refractivity (Wildman–Crippen MR) is 89.4 cm³/mol. The molecule has 6 heteroatoms. The maximum absolute atomic E-state index is 10.7. The second-order valence-corrected chi connectivity index (χ2v) is 5.99. The lowest BCUT2D eigenvalue weighted by Crippen LogP contribution is -1.86. The summed E-state index contributed by atoms with van der Waals surface area (Å²) in [5.74, 6) is 1.36. The van der Waals surface area contributed by atoms with Crippen molar-refractivity contribution in [2.75, 3.05) is 0 Å². The first-order valence-corrected chi connectivity index (χ1v) is 7.73. The molecule has 112 valence electrons. The summed E-state index contributed by atoms with van der Waals surface area (Å²) in [5.41, 5.74) is 1.80. The van der Waals surface area contributed by atoms with E-state index in [9.17, 15) is 10.1 Å². The fourth-order valence-electron chi connectivity index (χ4n) is 2.33. The van der Waals surface area contributed by atoms with Crippen molar-refractivity contribution in [3.63, 3.8) is 0 Å². The minimum atomic E-state index is -0.418. The first kappa shape index (κ1) is 13.7. The van der Waals surface area contributed by atoms with Crippen molar-refractivity contribution in [3.05, 3.63) is 70.8 Å². The first-order chi connectivity index (χ1) is 11.2. The smallest absolute Gasteiger partial charge is 0.269 e. The fraction of sp³-hybridized carbons (Fsp3) is 0. The molecule has 23 heavy (non-hydrogen) atoms. The first-order valence-electron chi connectivity index (χ1n) is 6.91. The van der Waals surface area contributed by atoms with E-state index in [0.29, 0.717) is 11.5 Å². The molecule has 0 N–H and O–H groups in total. The van der Waals surface area contributed by atoms with Gasteiger partial charge in [-0.1, -0.05) is 12.1 Å². The third-order valence-electron chi connectivity index (χ3n) is 3.47. The average molecular weight is 322 g/mol. The molecule has 0 bridgehead atoms. The Morgan fingerprint density at radius 2 is 1.70 bits per heavy atom. The van der Waals surface area contributed by atoms with Crippen LogP contribution in [0.25, 0.3) is 32.3 Å². The van der Waals surface area contributed by atoms with Crippen molar-refractivity contribution in [1.29, 1.82) is 0 Å². The maximum Gasteiger partial charge on any atom is 0.269 e. The Balaban J connectivity index is 1.69. The molecule has 5 nitrogen and oxygen atoms in total. The summed E-state index contributed by atoms with van der Waals surface area (Å²) in [7, 11) is 0. The van der Waals surface area contributed by atoms with Crippen LogP contribution in [-0.2, 0) is 0 Å². The highest BCUT2D eigenvalue weighted by molar-refractivity contribution is 7.21. The van der Waals surface area contributed by atoms with Crippen LogP contribution in [0.3, 0.4) is 0 Å². The van der Waals surface area contributed by atoms with Crippen LogP contribution in [0, 0.1) is 10.1 Å². The molecule has 2 heterocycles. The second-order valence-electron chi connectivity index (χ2n) is 4.95. The molecule has 0 radical (unpaired) electrons. The molecule has 0 saturated heterocycles. The topological polar surface area (TPSA) is 69.2 Å². The lowest BCUT2D eigenvalue weighted by atomic mass is 10.1. The molecule has 0 aliphatic heterocycles. The summed E-state index contributed by atoms with van der Waals surface area (Å²) in [5, 5.41) is 11.5. The van der Waals surface area contributed by atoms with Crippen LogP contribution >= 0.6 is 11.3 Å². The van der Waals surface area contributed by atoms with E-state index in [1.807, 2.05) is 36.4 Å². The van der Waals surface area contributed by atoms with Gasteiger partial charge in [0.15, 0.2) is 10.8 Å². The molecule has 4 rings (SSSR count). The zero-order valence-corrected chi connectivity index (χ0v) is 12.6. The summed E-state index contributed by atoms with van der Waals surface area (Å²) in [6, 6.07) is 17.9. The van der Waals surface area contributed by atoms with Crippen molar-refractivity contribution in [2.45, 2.75) is 0 Å². The summed E-state index contributed by atoms with van der Waals surface area (Å²) in [6.07, 6.45) is 0. The summed E-state index contributed by atoms with van der Waals surface area (Å²) in [4.78, 5) is 14.8. The van der Waals surface area contributed by atoms with E-state index in [2.05, 4.69) is 4.98 Å². The molecule has 0 spiro atoms. The fourth-order valence-corrected chi connectivity index (χ4v) is 3.26. The summed E-state index contributed by atoms with van der Waals surface area (Å²) >= 11 is 1.57. The maximum atomic E-state index is 10.7. The van der Waals surface area contributed by atoms with Gasteiger partial charge >= 0.3 is 0 Å². The molecule has 0 unspecified atom stereocenters. The number of para-hydroxylation sites is 1. The number of thiazole rings is 1. The number of non-ortho nitro benzene ring substituents is 1. The van der Waals surface area contributed by atoms with Gasteiger partial charge in [-0.05, 0) is 36.4 Å². The van der Waals surface area contributed by atoms with E-state index in [0.717, 1.165) is 20.8 Å². The van der Waals surface area contributed by atoms with Gasteiger partial charge in [0.25, 0.3) is 5.69 Å². The lowest BCUT2D eigenvalue weighted by Gasteiger charge is -1.96. The molecule has 0 aliphatic rings. The van der Waals surface area contributed by atoms with Crippen LogP contribution < -0.4 is 0 Å². The molecule has 4 aromatic rings. The van der Waals surface area contributed by atoms with Gasteiger partial charge in [-0.15, -0.1) is 11.3 Å². The SMILES string of the molecule is O=[N+]([O-])c1ccc(-c2ccc(-c3nc4ccccc4s3)o2)cc1. The van der Waals surface area contributed by atoms with Gasteiger partial charge in [-0.2, -0.15) is 0 Å². The normalized spacial score (nSPS) is 11.0. The number of benzene rings is 2. The van der Waals surface area contributed by atoms with Crippen LogP contribution in [-0.4, -0.2) is 9.91 Å². The van der Waals surface area contributed by atoms with Gasteiger partial charge in [0, 0.05) is 17.7 Å². The standard InChI is InChI=1S/C17H10N2O3S/c20-19(21)12-7-5-11(6-8-12)14-9-10-15(22-14)17-18-13-3-1-2-4-16(13)23-17/h1-10H. The number of fused-ring (bicyclic) bond motifs is 1. The van der Waals surface area contributed by atoms with Crippen LogP contribution in [0.1, 0.15) is 0 Å². The molecule has 2 aromatic carbocycles. The highest BCUT2D eigenvalue weighted by Gasteiger charge is 2.12. The average Bonchev–Trinajstić information content (AvgIpc) is 3.21. The molecule has 0 aliphatic carbocycles. The number of nitro benzene ring substituents is 1. The Labute approximate surface area is 135 Å². The van der Waals surface area contributed by atoms with Crippen molar-refractivity contribution in [2.24, 2.45) is 0 Å². The van der Waals surface area contributed by atoms with Gasteiger partial charge < -0.3 is 4.42 Å². The van der Waals surface area contributed by atoms with E-state index < -0.39 is 4.92 Å². The molecular weight excluding hydrogens is 312 g/mol. The largest absolute Gasteiger partial charge is 0.454 e. The van der Waals surface area contributed by atoms with E-state index in [4.69, 9.17) is 4.42 Å². The Morgan fingerprint density at radius 1 is 0.957 bits per heavy atom. The Kier molecular flexibility index (Phi) is 3.17. The molecule has 0 amide bonds. The predicted octanol–water partition coefficient (Wildman–Crippen LogP) is 5.13. The zero-order valence-electron chi connectivity index (χ0n) is 11.8. The van der Waals surface area contributed by atoms with Gasteiger partial charge in [-0.3, -0.25) is 10.1 Å². The number of hydrogen-bond acceptors (Lipinski definition) is 5. The minimum absolute atomic E-state index is 0.0618. The Hall–Kier alpha value is -2.99. The van der Waals surface area contributed by atoms with Gasteiger partial charge in [0.05, 0.1) is 15.1 Å². The number of nitro groups is 1. The van der Waals surface area contributed by atoms with Crippen LogP contribution in [0.5, 0.6) is 0 Å². The van der Waals surface area contributed by atoms with Crippen LogP contribution in [0.15, 0.2) is 65.1 Å². The van der Waals surface area contributed by atoms with Crippen LogP contribution in [0.4, 0.5) is 5.69 Å². The number of aromatic nitrogens is 1. The van der Waals surface area contributed by atoms with E-state index in [1.54, 1.807) is 23.5 Å². The van der Waals surface area contributed by atoms with Gasteiger partial charge in [0.1, 0.15) is 5.76 Å². The molecule has 0 fully saturated rings. The number of furan rings is 1. The number of rotatable bonds is 3. The van der Waals surface area contributed by atoms with Gasteiger partial charge in [0.2, 0.25) is 0 Å². The highest BCUT2D eigenvalue weighted by atomic mass is 32.1. The van der Waals surface area contributed by atoms with Crippen molar-refractivity contribution in [1.82, 2.24) is 4.98 Å². The third kappa shape index (κ3) is 2.49. The second kappa shape index (κ2) is 5.33. The van der Waals surface area contributed by atoms with Crippen LogP contribution in [0.2, 0.25) is 0 Å². The van der Waals surface area contributed by atoms with E-state index in [-0.39, 0.29) is 5.69 Å². The monoisotopic (exact) mass is 322 g/mol. The number of hydrogen-bond donors (Lipinski definition) is 0. The third-order valence-corrected chi connectivity index (χ3v) is 4.52. The van der Waals surface area contributed by atoms with Crippen molar-refractivity contribution < 1.29 is 9.34 Å². The summed E-state index contributed by atoms with van der Waals surface area (Å²) < 4.78 is 6.97. The number of nitrogens with zero attached hydrogens (tertiary/aromatic N) is 2. The Morgan fingerprint density at radius 3 is 2.43 bits per heavy atom. The van der Waals surface area contributed by atoms with Crippen molar-refractivity contribution >= 4 is 27.2 Å². The minimum Gasteiger partial charge on any atom is -0.454 e. The molecule has 0 atom stereocenters. The van der Waals surface area contributed by atoms with Gasteiger partial charge in [-0.25, -0.2) is 4.98 Å². The summed E-state index contributed by atoms with van der Waals surface area (Å²) in [6.45, 7) is 0. The zero-order chi connectivity index (χ0) is 15.8. The van der Waals surface area contributed by atoms with Crippen molar-refractivity contribution in [3.8, 4) is 22.1 Å². The lowest BCUT2D eigenvalue weighted by molar-refractivity contribution is -0.384. The Bertz CT molecular complexity index is 969. The molecular formula is C17H10N2O3S. The van der Waals surface area contributed by atoms with E-state index >= 15 is 0 Å². The van der Waals surface area contributed by atoms with E-state index in [1.165, 1.54) is 12.1 Å². The molecule has 0 saturated carbocycles.